The van der Waals surface area contributed by atoms with Crippen molar-refractivity contribution in [3.05, 3.63) is 89.3 Å². The number of hydrogen-bond donors (Lipinski definition) is 5. The number of aliphatic hydroxyl groups excluding tert-OH is 1. The molecule has 1 heterocycles. The van der Waals surface area contributed by atoms with Crippen molar-refractivity contribution in [2.24, 2.45) is 16.9 Å². The average molecular weight is 586 g/mol. The van der Waals surface area contributed by atoms with Crippen LogP contribution >= 0.6 is 0 Å². The molecule has 4 atom stereocenters. The van der Waals surface area contributed by atoms with Gasteiger partial charge in [0.25, 0.3) is 5.91 Å². The molecule has 0 spiro atoms. The molecule has 0 bridgehead atoms. The van der Waals surface area contributed by atoms with Gasteiger partial charge in [-0.1, -0.05) is 32.1 Å². The van der Waals surface area contributed by atoms with Crippen molar-refractivity contribution in [2.45, 2.75) is 57.2 Å². The number of nitrogens with zero attached hydrogens (tertiary/aromatic N) is 1. The minimum atomic E-state index is -1.47. The number of aliphatic hydroxyl groups is 1. The third kappa shape index (κ3) is 10.7. The number of nitrogens with two attached hydrogens (primary N) is 2. The SMILES string of the molecule is CC(C)(CNC(=O)CC(N)Cc1cc(F)ccc1F)CNC(=O)C(O)C(N)COCC1=CCC(c2ccncc2)C=C1. The summed E-state index contributed by atoms with van der Waals surface area (Å²) in [5.41, 5.74) is 13.7. The number of rotatable bonds is 15. The molecular formula is C31H41F2N5O4. The molecule has 4 unspecified atom stereocenters. The quantitative estimate of drug-likeness (QED) is 0.215. The lowest BCUT2D eigenvalue weighted by Crippen LogP contribution is -2.51. The summed E-state index contributed by atoms with van der Waals surface area (Å²) in [6.45, 7) is 4.34. The predicted molar refractivity (Wildman–Crippen MR) is 156 cm³/mol. The normalized spacial score (nSPS) is 17.2. The van der Waals surface area contributed by atoms with E-state index in [4.69, 9.17) is 16.2 Å². The van der Waals surface area contributed by atoms with E-state index in [0.29, 0.717) is 6.61 Å². The zero-order valence-corrected chi connectivity index (χ0v) is 24.1. The number of carbonyl (C=O) groups is 2. The Morgan fingerprint density at radius 3 is 2.55 bits per heavy atom. The van der Waals surface area contributed by atoms with Gasteiger partial charge < -0.3 is 31.9 Å². The van der Waals surface area contributed by atoms with Gasteiger partial charge in [0, 0.05) is 43.9 Å². The van der Waals surface area contributed by atoms with Crippen LogP contribution in [-0.2, 0) is 20.7 Å². The summed E-state index contributed by atoms with van der Waals surface area (Å²) in [5, 5.41) is 15.8. The first-order valence-electron chi connectivity index (χ1n) is 14.0. The first-order chi connectivity index (χ1) is 19.9. The van der Waals surface area contributed by atoms with Gasteiger partial charge in [-0.2, -0.15) is 0 Å². The highest BCUT2D eigenvalue weighted by Gasteiger charge is 2.26. The highest BCUT2D eigenvalue weighted by atomic mass is 19.1. The van der Waals surface area contributed by atoms with Crippen LogP contribution in [0.5, 0.6) is 0 Å². The van der Waals surface area contributed by atoms with Gasteiger partial charge in [0.1, 0.15) is 17.7 Å². The van der Waals surface area contributed by atoms with Crippen molar-refractivity contribution in [3.8, 4) is 0 Å². The fourth-order valence-corrected chi connectivity index (χ4v) is 4.42. The van der Waals surface area contributed by atoms with E-state index in [1.165, 1.54) is 5.56 Å². The summed E-state index contributed by atoms with van der Waals surface area (Å²) in [6.07, 6.45) is 9.06. The van der Waals surface area contributed by atoms with Gasteiger partial charge in [0.2, 0.25) is 5.91 Å². The summed E-state index contributed by atoms with van der Waals surface area (Å²) < 4.78 is 32.8. The second-order valence-corrected chi connectivity index (χ2v) is 11.4. The molecule has 9 nitrogen and oxygen atoms in total. The second kappa shape index (κ2) is 15.6. The van der Waals surface area contributed by atoms with E-state index in [1.807, 2.05) is 32.1 Å². The minimum absolute atomic E-state index is 0.00716. The Labute approximate surface area is 245 Å². The van der Waals surface area contributed by atoms with E-state index in [-0.39, 0.29) is 49.9 Å². The summed E-state index contributed by atoms with van der Waals surface area (Å²) in [6, 6.07) is 5.48. The molecule has 42 heavy (non-hydrogen) atoms. The number of pyridine rings is 1. The van der Waals surface area contributed by atoms with E-state index in [9.17, 15) is 23.5 Å². The van der Waals surface area contributed by atoms with Crippen molar-refractivity contribution in [3.63, 3.8) is 0 Å². The Bertz CT molecular complexity index is 1260. The number of aromatic nitrogens is 1. The third-order valence-electron chi connectivity index (χ3n) is 7.01. The Balaban J connectivity index is 1.32. The molecule has 2 aromatic rings. The first kappa shape index (κ1) is 33.0. The van der Waals surface area contributed by atoms with Gasteiger partial charge in [-0.15, -0.1) is 0 Å². The standard InChI is InChI=1S/C31H41F2N5O4/c1-31(2,18-37-28(39)15-25(34)14-23-13-24(32)7-8-26(23)33)19-38-30(41)29(40)27(35)17-42-16-20-3-5-21(6-4-20)22-9-11-36-12-10-22/h3-5,7-13,21,25,27,29,40H,6,14-19,34-35H2,1-2H3,(H,37,39)(H,38,41). The molecule has 3 rings (SSSR count). The molecule has 1 aromatic carbocycles. The predicted octanol–water partition coefficient (Wildman–Crippen LogP) is 2.25. The molecule has 11 heteroatoms. The Hall–Kier alpha value is -3.51. The molecular weight excluding hydrogens is 544 g/mol. The minimum Gasteiger partial charge on any atom is -0.382 e. The number of carbonyl (C=O) groups excluding carboxylic acids is 2. The van der Waals surface area contributed by atoms with Crippen molar-refractivity contribution in [2.75, 3.05) is 26.3 Å². The van der Waals surface area contributed by atoms with Crippen molar-refractivity contribution in [1.82, 2.24) is 15.6 Å². The maximum Gasteiger partial charge on any atom is 0.250 e. The molecule has 7 N–H and O–H groups in total. The highest BCUT2D eigenvalue weighted by molar-refractivity contribution is 5.81. The van der Waals surface area contributed by atoms with Crippen LogP contribution in [0.25, 0.3) is 0 Å². The molecule has 2 amide bonds. The van der Waals surface area contributed by atoms with E-state index in [1.54, 1.807) is 12.4 Å². The largest absolute Gasteiger partial charge is 0.382 e. The van der Waals surface area contributed by atoms with E-state index < -0.39 is 41.1 Å². The first-order valence-corrected chi connectivity index (χ1v) is 14.0. The number of hydrogen-bond acceptors (Lipinski definition) is 7. The maximum absolute atomic E-state index is 13.8. The molecule has 0 fully saturated rings. The van der Waals surface area contributed by atoms with Crippen molar-refractivity contribution < 1.29 is 28.2 Å². The van der Waals surface area contributed by atoms with Gasteiger partial charge in [0.05, 0.1) is 19.3 Å². The number of nitrogens with one attached hydrogen (secondary N) is 2. The topological polar surface area (TPSA) is 153 Å². The smallest absolute Gasteiger partial charge is 0.250 e. The third-order valence-corrected chi connectivity index (χ3v) is 7.01. The number of ether oxygens (including phenoxy) is 1. The monoisotopic (exact) mass is 585 g/mol. The number of benzene rings is 1. The Morgan fingerprint density at radius 1 is 1.14 bits per heavy atom. The van der Waals surface area contributed by atoms with Crippen LogP contribution in [0.15, 0.2) is 66.5 Å². The number of amides is 2. The average Bonchev–Trinajstić information content (AvgIpc) is 2.97. The van der Waals surface area contributed by atoms with Crippen LogP contribution in [0.4, 0.5) is 8.78 Å². The van der Waals surface area contributed by atoms with Gasteiger partial charge in [-0.05, 0) is 65.3 Å². The second-order valence-electron chi connectivity index (χ2n) is 11.4. The van der Waals surface area contributed by atoms with Gasteiger partial charge >= 0.3 is 0 Å². The lowest BCUT2D eigenvalue weighted by molar-refractivity contribution is -0.131. The van der Waals surface area contributed by atoms with E-state index in [2.05, 4.69) is 27.8 Å². The van der Waals surface area contributed by atoms with Crippen molar-refractivity contribution >= 4 is 11.8 Å². The number of allylic oxidation sites excluding steroid dienone is 2. The molecule has 0 aliphatic heterocycles. The van der Waals surface area contributed by atoms with Crippen LogP contribution < -0.4 is 22.1 Å². The lowest BCUT2D eigenvalue weighted by Gasteiger charge is -2.27. The van der Waals surface area contributed by atoms with Gasteiger partial charge in [-0.25, -0.2) is 8.78 Å². The van der Waals surface area contributed by atoms with Crippen LogP contribution in [-0.4, -0.2) is 66.4 Å². The molecule has 0 saturated heterocycles. The van der Waals surface area contributed by atoms with Crippen LogP contribution in [0.1, 0.15) is 43.7 Å². The molecule has 1 aliphatic rings. The summed E-state index contributed by atoms with van der Waals surface area (Å²) in [4.78, 5) is 28.9. The molecule has 1 aromatic heterocycles. The van der Waals surface area contributed by atoms with Crippen molar-refractivity contribution in [1.29, 1.82) is 0 Å². The highest BCUT2D eigenvalue weighted by Crippen LogP contribution is 2.26. The molecule has 228 valence electrons. The van der Waals surface area contributed by atoms with Gasteiger partial charge in [-0.3, -0.25) is 14.6 Å². The number of halogens is 2. The summed E-state index contributed by atoms with van der Waals surface area (Å²) in [5.74, 6) is -1.85. The Kier molecular flexibility index (Phi) is 12.3. The summed E-state index contributed by atoms with van der Waals surface area (Å²) in [7, 11) is 0. The zero-order valence-electron chi connectivity index (χ0n) is 24.1. The fourth-order valence-electron chi connectivity index (χ4n) is 4.42. The lowest BCUT2D eigenvalue weighted by atomic mass is 9.91. The summed E-state index contributed by atoms with van der Waals surface area (Å²) >= 11 is 0. The molecule has 0 radical (unpaired) electrons. The van der Waals surface area contributed by atoms with Crippen LogP contribution in [0.3, 0.4) is 0 Å². The molecule has 0 saturated carbocycles. The fraction of sp³-hybridized carbons (Fsp3) is 0.452. The van der Waals surface area contributed by atoms with Gasteiger partial charge in [0.15, 0.2) is 0 Å². The van der Waals surface area contributed by atoms with E-state index in [0.717, 1.165) is 30.2 Å². The van der Waals surface area contributed by atoms with E-state index >= 15 is 0 Å². The zero-order chi connectivity index (χ0) is 30.7. The Morgan fingerprint density at radius 2 is 1.86 bits per heavy atom. The maximum atomic E-state index is 13.8. The molecule has 1 aliphatic carbocycles. The van der Waals surface area contributed by atoms with Crippen LogP contribution in [0.2, 0.25) is 0 Å². The van der Waals surface area contributed by atoms with Crippen LogP contribution in [0, 0.1) is 17.0 Å².